The molecule has 2 aromatic rings. The lowest BCUT2D eigenvalue weighted by Crippen LogP contribution is -2.16. The molecule has 3 rings (SSSR count). The zero-order chi connectivity index (χ0) is 21.9. The van der Waals surface area contributed by atoms with Crippen molar-refractivity contribution in [1.82, 2.24) is 0 Å². The Kier molecular flexibility index (Phi) is 8.60. The molecule has 0 bridgehead atoms. The molecular weight excluding hydrogens is 400 g/mol. The van der Waals surface area contributed by atoms with Gasteiger partial charge < -0.3 is 18.9 Å². The van der Waals surface area contributed by atoms with Gasteiger partial charge in [0.15, 0.2) is 0 Å². The van der Waals surface area contributed by atoms with Crippen molar-refractivity contribution in [3.8, 4) is 0 Å². The zero-order valence-corrected chi connectivity index (χ0v) is 17.3. The van der Waals surface area contributed by atoms with Crippen LogP contribution < -0.4 is 0 Å². The van der Waals surface area contributed by atoms with Crippen LogP contribution in [0.15, 0.2) is 54.6 Å². The van der Waals surface area contributed by atoms with E-state index in [0.717, 1.165) is 19.3 Å². The molecule has 31 heavy (non-hydrogen) atoms. The van der Waals surface area contributed by atoms with Gasteiger partial charge in [0, 0.05) is 0 Å². The molecule has 164 valence electrons. The maximum Gasteiger partial charge on any atom is 0.339 e. The molecule has 1 aliphatic rings. The first-order chi connectivity index (χ1) is 15.1. The molecular formula is C24H26O7. The molecule has 1 atom stereocenters. The number of benzene rings is 2. The van der Waals surface area contributed by atoms with Crippen LogP contribution >= 0.6 is 0 Å². The van der Waals surface area contributed by atoms with Gasteiger partial charge in [-0.2, -0.15) is 0 Å². The van der Waals surface area contributed by atoms with Crippen molar-refractivity contribution in [2.75, 3.05) is 26.4 Å². The number of epoxide rings is 1. The molecule has 0 N–H and O–H groups in total. The van der Waals surface area contributed by atoms with Crippen LogP contribution in [0.25, 0.3) is 0 Å². The highest BCUT2D eigenvalue weighted by Crippen LogP contribution is 2.15. The second-order valence-electron chi connectivity index (χ2n) is 7.15. The third-order valence-electron chi connectivity index (χ3n) is 4.68. The molecule has 7 heteroatoms. The Morgan fingerprint density at radius 2 is 1.23 bits per heavy atom. The molecule has 1 saturated heterocycles. The van der Waals surface area contributed by atoms with Crippen LogP contribution in [0.2, 0.25) is 0 Å². The van der Waals surface area contributed by atoms with E-state index >= 15 is 0 Å². The monoisotopic (exact) mass is 426 g/mol. The summed E-state index contributed by atoms with van der Waals surface area (Å²) in [6, 6.07) is 15.3. The van der Waals surface area contributed by atoms with Gasteiger partial charge >= 0.3 is 17.9 Å². The third-order valence-corrected chi connectivity index (χ3v) is 4.68. The lowest BCUT2D eigenvalue weighted by atomic mass is 10.1. The molecule has 1 fully saturated rings. The van der Waals surface area contributed by atoms with E-state index in [4.69, 9.17) is 18.9 Å². The zero-order valence-electron chi connectivity index (χ0n) is 17.3. The maximum atomic E-state index is 12.4. The smallest absolute Gasteiger partial charge is 0.339 e. The molecule has 2 aromatic carbocycles. The Balaban J connectivity index is 1.30. The van der Waals surface area contributed by atoms with Crippen molar-refractivity contribution in [2.45, 2.75) is 31.8 Å². The van der Waals surface area contributed by atoms with Crippen molar-refractivity contribution in [3.63, 3.8) is 0 Å². The van der Waals surface area contributed by atoms with Crippen molar-refractivity contribution in [3.05, 3.63) is 71.3 Å². The largest absolute Gasteiger partial charge is 0.462 e. The fourth-order valence-electron chi connectivity index (χ4n) is 2.87. The first kappa shape index (κ1) is 22.5. The van der Waals surface area contributed by atoms with Crippen molar-refractivity contribution in [2.24, 2.45) is 0 Å². The highest BCUT2D eigenvalue weighted by atomic mass is 16.6. The summed E-state index contributed by atoms with van der Waals surface area (Å²) in [5.74, 6) is -1.43. The molecule has 1 heterocycles. The quantitative estimate of drug-likeness (QED) is 0.221. The Morgan fingerprint density at radius 3 is 1.81 bits per heavy atom. The van der Waals surface area contributed by atoms with Crippen LogP contribution in [0.1, 0.15) is 56.8 Å². The average molecular weight is 426 g/mol. The second kappa shape index (κ2) is 11.9. The van der Waals surface area contributed by atoms with E-state index in [-0.39, 0.29) is 36.4 Å². The number of ether oxygens (including phenoxy) is 4. The van der Waals surface area contributed by atoms with Crippen molar-refractivity contribution in [1.29, 1.82) is 0 Å². The SMILES string of the molecule is O=C(OCCCCCCOC(=O)c1ccccc1C(=O)OCC1CO1)c1ccccc1. The average Bonchev–Trinajstić information content (AvgIpc) is 3.64. The summed E-state index contributed by atoms with van der Waals surface area (Å²) < 4.78 is 20.7. The first-order valence-corrected chi connectivity index (χ1v) is 10.4. The minimum atomic E-state index is -0.562. The standard InChI is InChI=1S/C24H26O7/c25-22(18-10-4-3-5-11-18)28-14-8-1-2-9-15-29-23(26)20-12-6-7-13-21(20)24(27)31-17-19-16-30-19/h3-7,10-13,19H,1-2,8-9,14-17H2. The number of hydrogen-bond acceptors (Lipinski definition) is 7. The van der Waals surface area contributed by atoms with Gasteiger partial charge in [-0.25, -0.2) is 14.4 Å². The second-order valence-corrected chi connectivity index (χ2v) is 7.15. The molecule has 7 nitrogen and oxygen atoms in total. The number of carbonyl (C=O) groups excluding carboxylic acids is 3. The Labute approximate surface area is 181 Å². The van der Waals surface area contributed by atoms with E-state index in [1.54, 1.807) is 48.5 Å². The van der Waals surface area contributed by atoms with E-state index in [0.29, 0.717) is 25.2 Å². The van der Waals surface area contributed by atoms with Gasteiger partial charge in [-0.15, -0.1) is 0 Å². The molecule has 1 unspecified atom stereocenters. The fourth-order valence-corrected chi connectivity index (χ4v) is 2.87. The first-order valence-electron chi connectivity index (χ1n) is 10.4. The molecule has 0 radical (unpaired) electrons. The Morgan fingerprint density at radius 1 is 0.710 bits per heavy atom. The van der Waals surface area contributed by atoms with E-state index in [9.17, 15) is 14.4 Å². The molecule has 0 aliphatic carbocycles. The number of carbonyl (C=O) groups is 3. The summed E-state index contributed by atoms with van der Waals surface area (Å²) in [7, 11) is 0. The summed E-state index contributed by atoms with van der Waals surface area (Å²) in [6.45, 7) is 1.38. The van der Waals surface area contributed by atoms with Gasteiger partial charge in [-0.1, -0.05) is 30.3 Å². The highest BCUT2D eigenvalue weighted by Gasteiger charge is 2.26. The summed E-state index contributed by atoms with van der Waals surface area (Å²) in [4.78, 5) is 36.4. The van der Waals surface area contributed by atoms with Gasteiger partial charge in [0.1, 0.15) is 12.7 Å². The van der Waals surface area contributed by atoms with Gasteiger partial charge in [0.25, 0.3) is 0 Å². The Bertz CT molecular complexity index is 875. The number of unbranched alkanes of at least 4 members (excludes halogenated alkanes) is 3. The van der Waals surface area contributed by atoms with E-state index < -0.39 is 11.9 Å². The van der Waals surface area contributed by atoms with Crippen LogP contribution in [0, 0.1) is 0 Å². The van der Waals surface area contributed by atoms with Gasteiger partial charge in [-0.05, 0) is 49.9 Å². The predicted molar refractivity (Wildman–Crippen MR) is 112 cm³/mol. The van der Waals surface area contributed by atoms with Crippen LogP contribution in [0.5, 0.6) is 0 Å². The third kappa shape index (κ3) is 7.53. The summed E-state index contributed by atoms with van der Waals surface area (Å²) in [5, 5.41) is 0. The molecule has 0 aromatic heterocycles. The number of rotatable bonds is 12. The lowest BCUT2D eigenvalue weighted by Gasteiger charge is -2.09. The van der Waals surface area contributed by atoms with E-state index in [1.807, 2.05) is 6.07 Å². The normalized spacial score (nSPS) is 14.5. The maximum absolute atomic E-state index is 12.4. The Hall–Kier alpha value is -3.19. The topological polar surface area (TPSA) is 91.4 Å². The fraction of sp³-hybridized carbons (Fsp3) is 0.375. The minimum absolute atomic E-state index is 0.0371. The van der Waals surface area contributed by atoms with Crippen LogP contribution in [-0.4, -0.2) is 50.4 Å². The van der Waals surface area contributed by atoms with Gasteiger partial charge in [0.2, 0.25) is 0 Å². The van der Waals surface area contributed by atoms with Crippen molar-refractivity contribution < 1.29 is 33.3 Å². The lowest BCUT2D eigenvalue weighted by molar-refractivity contribution is 0.0438. The molecule has 0 saturated carbocycles. The van der Waals surface area contributed by atoms with Crippen LogP contribution in [0.4, 0.5) is 0 Å². The number of hydrogen-bond donors (Lipinski definition) is 0. The molecule has 0 amide bonds. The minimum Gasteiger partial charge on any atom is -0.462 e. The van der Waals surface area contributed by atoms with E-state index in [2.05, 4.69) is 0 Å². The summed E-state index contributed by atoms with van der Waals surface area (Å²) in [6.07, 6.45) is 3.08. The van der Waals surface area contributed by atoms with Gasteiger partial charge in [0.05, 0.1) is 36.5 Å². The molecule has 0 spiro atoms. The molecule has 1 aliphatic heterocycles. The predicted octanol–water partition coefficient (Wildman–Crippen LogP) is 3.82. The summed E-state index contributed by atoms with van der Waals surface area (Å²) in [5.41, 5.74) is 0.921. The highest BCUT2D eigenvalue weighted by molar-refractivity contribution is 6.03. The van der Waals surface area contributed by atoms with E-state index in [1.165, 1.54) is 0 Å². The summed E-state index contributed by atoms with van der Waals surface area (Å²) >= 11 is 0. The number of esters is 3. The van der Waals surface area contributed by atoms with Crippen LogP contribution in [0.3, 0.4) is 0 Å². The van der Waals surface area contributed by atoms with Gasteiger partial charge in [-0.3, -0.25) is 0 Å². The van der Waals surface area contributed by atoms with Crippen molar-refractivity contribution >= 4 is 17.9 Å². The van der Waals surface area contributed by atoms with Crippen LogP contribution in [-0.2, 0) is 18.9 Å².